The minimum atomic E-state index is -0.366. The third kappa shape index (κ3) is 4.84. The summed E-state index contributed by atoms with van der Waals surface area (Å²) in [6.45, 7) is 6.99. The molecule has 0 saturated carbocycles. The van der Waals surface area contributed by atoms with E-state index in [1.807, 2.05) is 6.92 Å². The Hall–Kier alpha value is -1.52. The van der Waals surface area contributed by atoms with Crippen molar-refractivity contribution in [3.8, 4) is 0 Å². The van der Waals surface area contributed by atoms with Crippen LogP contribution < -0.4 is 16.8 Å². The maximum absolute atomic E-state index is 11.1. The predicted molar refractivity (Wildman–Crippen MR) is 52.8 cm³/mol. The van der Waals surface area contributed by atoms with Gasteiger partial charge in [0.2, 0.25) is 5.91 Å². The van der Waals surface area contributed by atoms with Crippen molar-refractivity contribution < 1.29 is 4.79 Å². The van der Waals surface area contributed by atoms with Crippen LogP contribution in [0.25, 0.3) is 0 Å². The Morgan fingerprint density at radius 3 is 2.46 bits per heavy atom. The molecule has 1 unspecified atom stereocenters. The number of nitrogens with two attached hydrogens (primary N) is 2. The Morgan fingerprint density at radius 1 is 1.62 bits per heavy atom. The van der Waals surface area contributed by atoms with Gasteiger partial charge in [0, 0.05) is 5.57 Å². The Labute approximate surface area is 77.9 Å². The average molecular weight is 184 g/mol. The van der Waals surface area contributed by atoms with Crippen molar-refractivity contribution in [2.24, 2.45) is 16.5 Å². The molecule has 0 spiro atoms. The second kappa shape index (κ2) is 5.18. The standard InChI is InChI=1S/C8H16N4O/c1-4-6(12-8(9)10)11-7(13)5(2)3/h6H,2,4H2,1,3H3,(H,11,13)(H4,9,10,12). The van der Waals surface area contributed by atoms with E-state index in [4.69, 9.17) is 11.5 Å². The fourth-order valence-electron chi connectivity index (χ4n) is 0.680. The maximum Gasteiger partial charge on any atom is 0.247 e. The van der Waals surface area contributed by atoms with E-state index in [2.05, 4.69) is 16.9 Å². The van der Waals surface area contributed by atoms with Crippen LogP contribution in [-0.4, -0.2) is 18.0 Å². The Morgan fingerprint density at radius 2 is 2.15 bits per heavy atom. The SMILES string of the molecule is C=C(C)C(=O)NC(CC)N=C(N)N. The van der Waals surface area contributed by atoms with Crippen molar-refractivity contribution in [3.05, 3.63) is 12.2 Å². The first-order valence-electron chi connectivity index (χ1n) is 4.02. The highest BCUT2D eigenvalue weighted by Crippen LogP contribution is 1.95. The van der Waals surface area contributed by atoms with Crippen LogP contribution in [0.15, 0.2) is 17.1 Å². The summed E-state index contributed by atoms with van der Waals surface area (Å²) in [4.78, 5) is 14.9. The van der Waals surface area contributed by atoms with Gasteiger partial charge in [-0.1, -0.05) is 13.5 Å². The fourth-order valence-corrected chi connectivity index (χ4v) is 0.680. The number of aliphatic imine (C=N–C) groups is 1. The second-order valence-corrected chi connectivity index (χ2v) is 2.73. The summed E-state index contributed by atoms with van der Waals surface area (Å²) in [6, 6.07) is 0. The molecule has 0 bridgehead atoms. The topological polar surface area (TPSA) is 93.5 Å². The van der Waals surface area contributed by atoms with E-state index >= 15 is 0 Å². The van der Waals surface area contributed by atoms with Crippen molar-refractivity contribution in [1.29, 1.82) is 0 Å². The van der Waals surface area contributed by atoms with E-state index in [1.165, 1.54) is 0 Å². The van der Waals surface area contributed by atoms with E-state index in [9.17, 15) is 4.79 Å². The lowest BCUT2D eigenvalue weighted by Crippen LogP contribution is -2.36. The molecule has 0 aromatic carbocycles. The van der Waals surface area contributed by atoms with Gasteiger partial charge in [-0.15, -0.1) is 0 Å². The first-order chi connectivity index (χ1) is 5.97. The minimum Gasteiger partial charge on any atom is -0.370 e. The summed E-state index contributed by atoms with van der Waals surface area (Å²) in [5.41, 5.74) is 10.8. The van der Waals surface area contributed by atoms with Crippen LogP contribution in [-0.2, 0) is 4.79 Å². The Balaban J connectivity index is 4.22. The fraction of sp³-hybridized carbons (Fsp3) is 0.500. The molecule has 5 nitrogen and oxygen atoms in total. The number of nitrogens with zero attached hydrogens (tertiary/aromatic N) is 1. The largest absolute Gasteiger partial charge is 0.370 e. The minimum absolute atomic E-state index is 0.0335. The summed E-state index contributed by atoms with van der Waals surface area (Å²) in [5, 5.41) is 2.61. The van der Waals surface area contributed by atoms with E-state index in [0.29, 0.717) is 12.0 Å². The van der Waals surface area contributed by atoms with Crippen LogP contribution in [0.3, 0.4) is 0 Å². The van der Waals surface area contributed by atoms with Gasteiger partial charge in [-0.25, -0.2) is 4.99 Å². The van der Waals surface area contributed by atoms with Crippen LogP contribution >= 0.6 is 0 Å². The van der Waals surface area contributed by atoms with Gasteiger partial charge in [-0.2, -0.15) is 0 Å². The lowest BCUT2D eigenvalue weighted by molar-refractivity contribution is -0.118. The zero-order valence-corrected chi connectivity index (χ0v) is 8.00. The van der Waals surface area contributed by atoms with Gasteiger partial charge in [0.25, 0.3) is 0 Å². The summed E-state index contributed by atoms with van der Waals surface area (Å²) in [6.07, 6.45) is 0.269. The second-order valence-electron chi connectivity index (χ2n) is 2.73. The number of carbonyl (C=O) groups is 1. The third-order valence-corrected chi connectivity index (χ3v) is 1.38. The predicted octanol–water partition coefficient (Wildman–Crippen LogP) is -0.312. The molecule has 0 aliphatic rings. The molecule has 1 amide bonds. The third-order valence-electron chi connectivity index (χ3n) is 1.38. The van der Waals surface area contributed by atoms with Gasteiger partial charge < -0.3 is 16.8 Å². The first-order valence-corrected chi connectivity index (χ1v) is 4.02. The molecule has 0 aliphatic heterocycles. The molecule has 0 saturated heterocycles. The van der Waals surface area contributed by atoms with Crippen LogP contribution in [0, 0.1) is 0 Å². The molecule has 0 fully saturated rings. The number of amides is 1. The highest BCUT2D eigenvalue weighted by atomic mass is 16.1. The molecule has 0 rings (SSSR count). The molecule has 5 N–H and O–H groups in total. The summed E-state index contributed by atoms with van der Waals surface area (Å²) < 4.78 is 0. The van der Waals surface area contributed by atoms with Crippen molar-refractivity contribution in [3.63, 3.8) is 0 Å². The van der Waals surface area contributed by atoms with Gasteiger partial charge in [0.1, 0.15) is 6.17 Å². The molecule has 0 radical (unpaired) electrons. The van der Waals surface area contributed by atoms with Crippen LogP contribution in [0.2, 0.25) is 0 Å². The Bertz CT molecular complexity index is 230. The van der Waals surface area contributed by atoms with Crippen LogP contribution in [0.5, 0.6) is 0 Å². The molecule has 0 aliphatic carbocycles. The molecule has 0 aromatic rings. The molecule has 74 valence electrons. The van der Waals surface area contributed by atoms with E-state index in [-0.39, 0.29) is 18.0 Å². The molecular weight excluding hydrogens is 168 g/mol. The number of carbonyl (C=O) groups excluding carboxylic acids is 1. The number of hydrogen-bond donors (Lipinski definition) is 3. The van der Waals surface area contributed by atoms with Crippen molar-refractivity contribution in [2.45, 2.75) is 26.4 Å². The zero-order chi connectivity index (χ0) is 10.4. The highest BCUT2D eigenvalue weighted by molar-refractivity contribution is 5.92. The molecule has 5 heteroatoms. The lowest BCUT2D eigenvalue weighted by atomic mass is 10.3. The van der Waals surface area contributed by atoms with Crippen molar-refractivity contribution in [1.82, 2.24) is 5.32 Å². The van der Waals surface area contributed by atoms with E-state index < -0.39 is 0 Å². The lowest BCUT2D eigenvalue weighted by Gasteiger charge is -2.12. The molecule has 13 heavy (non-hydrogen) atoms. The van der Waals surface area contributed by atoms with Crippen LogP contribution in [0.4, 0.5) is 0 Å². The maximum atomic E-state index is 11.1. The summed E-state index contributed by atoms with van der Waals surface area (Å²) in [7, 11) is 0. The highest BCUT2D eigenvalue weighted by Gasteiger charge is 2.08. The van der Waals surface area contributed by atoms with Crippen molar-refractivity contribution in [2.75, 3.05) is 0 Å². The summed E-state index contributed by atoms with van der Waals surface area (Å²) in [5.74, 6) is -0.272. The number of guanidine groups is 1. The molecular formula is C8H16N4O. The molecule has 1 atom stereocenters. The normalized spacial score (nSPS) is 11.5. The number of nitrogens with one attached hydrogen (secondary N) is 1. The van der Waals surface area contributed by atoms with Gasteiger partial charge in [-0.05, 0) is 13.3 Å². The number of rotatable bonds is 4. The van der Waals surface area contributed by atoms with Gasteiger partial charge in [-0.3, -0.25) is 4.79 Å². The Kier molecular flexibility index (Phi) is 4.58. The molecule has 0 aromatic heterocycles. The van der Waals surface area contributed by atoms with Crippen molar-refractivity contribution >= 4 is 11.9 Å². The van der Waals surface area contributed by atoms with Gasteiger partial charge >= 0.3 is 0 Å². The van der Waals surface area contributed by atoms with E-state index in [0.717, 1.165) is 0 Å². The molecule has 0 heterocycles. The first kappa shape index (κ1) is 11.5. The van der Waals surface area contributed by atoms with E-state index in [1.54, 1.807) is 6.92 Å². The van der Waals surface area contributed by atoms with Crippen LogP contribution in [0.1, 0.15) is 20.3 Å². The quantitative estimate of drug-likeness (QED) is 0.318. The monoisotopic (exact) mass is 184 g/mol. The number of hydrogen-bond acceptors (Lipinski definition) is 2. The van der Waals surface area contributed by atoms with Gasteiger partial charge in [0.15, 0.2) is 5.96 Å². The average Bonchev–Trinajstić information content (AvgIpc) is 2.02. The van der Waals surface area contributed by atoms with Gasteiger partial charge in [0.05, 0.1) is 0 Å². The smallest absolute Gasteiger partial charge is 0.247 e. The summed E-state index contributed by atoms with van der Waals surface area (Å²) >= 11 is 0. The zero-order valence-electron chi connectivity index (χ0n) is 8.00.